The molecule has 0 aromatic carbocycles. The third kappa shape index (κ3) is 3.05. The molecule has 7 heteroatoms. The number of aromatic nitrogens is 1. The zero-order chi connectivity index (χ0) is 11.6. The van der Waals surface area contributed by atoms with E-state index in [1.165, 1.54) is 28.7 Å². The molecule has 0 bridgehead atoms. The van der Waals surface area contributed by atoms with Crippen LogP contribution in [-0.2, 0) is 17.4 Å². The summed E-state index contributed by atoms with van der Waals surface area (Å²) < 4.78 is 36.9. The molecule has 0 saturated carbocycles. The first kappa shape index (κ1) is 12.2. The van der Waals surface area contributed by atoms with Crippen molar-refractivity contribution in [2.24, 2.45) is 0 Å². The first-order valence-electron chi connectivity index (χ1n) is 3.74. The number of nitrogens with zero attached hydrogens (tertiary/aromatic N) is 1. The quantitative estimate of drug-likeness (QED) is 0.847. The van der Waals surface area contributed by atoms with Gasteiger partial charge in [0.1, 0.15) is 0 Å². The number of rotatable bonds is 2. The summed E-state index contributed by atoms with van der Waals surface area (Å²) in [6, 6.07) is 1.27. The van der Waals surface area contributed by atoms with Crippen molar-refractivity contribution in [3.05, 3.63) is 27.1 Å². The molecule has 0 saturated heterocycles. The van der Waals surface area contributed by atoms with Gasteiger partial charge in [-0.2, -0.15) is 13.2 Å². The molecule has 0 spiro atoms. The van der Waals surface area contributed by atoms with E-state index in [9.17, 15) is 18.0 Å². The van der Waals surface area contributed by atoms with Crippen LogP contribution in [0.5, 0.6) is 0 Å². The molecule has 0 atom stereocenters. The van der Waals surface area contributed by atoms with Crippen LogP contribution in [0.25, 0.3) is 0 Å². The summed E-state index contributed by atoms with van der Waals surface area (Å²) in [5.74, 6) is -1.17. The summed E-state index contributed by atoms with van der Waals surface area (Å²) >= 11 is 1.45. The van der Waals surface area contributed by atoms with Crippen molar-refractivity contribution in [3.8, 4) is 0 Å². The van der Waals surface area contributed by atoms with Crippen molar-refractivity contribution < 1.29 is 23.1 Å². The average Bonchev–Trinajstić information content (AvgIpc) is 2.05. The molecule has 0 aliphatic heterocycles. The van der Waals surface area contributed by atoms with Crippen LogP contribution in [0.15, 0.2) is 12.3 Å². The molecular weight excluding hydrogens is 326 g/mol. The Bertz CT molecular complexity index is 392. The van der Waals surface area contributed by atoms with Crippen molar-refractivity contribution in [1.82, 2.24) is 4.98 Å². The van der Waals surface area contributed by atoms with Gasteiger partial charge in [0.05, 0.1) is 6.42 Å². The molecule has 0 aliphatic carbocycles. The van der Waals surface area contributed by atoms with Crippen LogP contribution < -0.4 is 0 Å². The van der Waals surface area contributed by atoms with Gasteiger partial charge < -0.3 is 5.11 Å². The Balaban J connectivity index is 3.17. The lowest BCUT2D eigenvalue weighted by molar-refractivity contribution is -0.142. The van der Waals surface area contributed by atoms with Crippen molar-refractivity contribution in [3.63, 3.8) is 0 Å². The molecule has 0 radical (unpaired) electrons. The number of carbonyl (C=O) groups is 1. The molecular formula is C8H5F3INO2. The van der Waals surface area contributed by atoms with Crippen molar-refractivity contribution in [1.29, 1.82) is 0 Å². The van der Waals surface area contributed by atoms with E-state index in [4.69, 9.17) is 5.11 Å². The van der Waals surface area contributed by atoms with E-state index in [-0.39, 0.29) is 9.13 Å². The van der Waals surface area contributed by atoms with Gasteiger partial charge in [-0.05, 0) is 34.2 Å². The van der Waals surface area contributed by atoms with Gasteiger partial charge in [0.15, 0.2) is 5.69 Å². The highest BCUT2D eigenvalue weighted by Gasteiger charge is 2.35. The zero-order valence-electron chi connectivity index (χ0n) is 7.18. The predicted octanol–water partition coefficient (Wildman–Crippen LogP) is 2.33. The Kier molecular flexibility index (Phi) is 3.53. The Morgan fingerprint density at radius 1 is 1.53 bits per heavy atom. The summed E-state index contributed by atoms with van der Waals surface area (Å²) in [6.07, 6.45) is -4.03. The first-order chi connectivity index (χ1) is 6.82. The second-order valence-electron chi connectivity index (χ2n) is 2.70. The van der Waals surface area contributed by atoms with Gasteiger partial charge in [0, 0.05) is 9.77 Å². The molecule has 0 amide bonds. The summed E-state index contributed by atoms with van der Waals surface area (Å²) in [4.78, 5) is 13.6. The lowest BCUT2D eigenvalue weighted by Gasteiger charge is -2.10. The highest BCUT2D eigenvalue weighted by Crippen LogP contribution is 2.32. The maximum atomic E-state index is 12.4. The van der Waals surface area contributed by atoms with E-state index in [0.717, 1.165) is 6.20 Å². The van der Waals surface area contributed by atoms with Crippen LogP contribution >= 0.6 is 22.6 Å². The van der Waals surface area contributed by atoms with Gasteiger partial charge in [-0.15, -0.1) is 0 Å². The van der Waals surface area contributed by atoms with Gasteiger partial charge >= 0.3 is 12.1 Å². The van der Waals surface area contributed by atoms with E-state index < -0.39 is 24.3 Å². The molecule has 1 heterocycles. The maximum Gasteiger partial charge on any atom is 0.434 e. The Hall–Kier alpha value is -0.860. The summed E-state index contributed by atoms with van der Waals surface area (Å²) in [5.41, 5.74) is -0.924. The molecule has 1 rings (SSSR count). The molecule has 0 unspecified atom stereocenters. The lowest BCUT2D eigenvalue weighted by Crippen LogP contribution is -2.13. The maximum absolute atomic E-state index is 12.4. The van der Waals surface area contributed by atoms with Gasteiger partial charge in [0.2, 0.25) is 0 Å². The predicted molar refractivity (Wildman–Crippen MR) is 53.3 cm³/mol. The number of carboxylic acids is 1. The molecule has 1 aromatic heterocycles. The van der Waals surface area contributed by atoms with E-state index in [1.807, 2.05) is 0 Å². The number of alkyl halides is 3. The number of aliphatic carboxylic acids is 1. The lowest BCUT2D eigenvalue weighted by atomic mass is 10.1. The Morgan fingerprint density at radius 2 is 2.13 bits per heavy atom. The second-order valence-corrected chi connectivity index (χ2v) is 3.78. The molecule has 15 heavy (non-hydrogen) atoms. The standard InChI is InChI=1S/C8H5F3INO2/c9-8(10,11)7-6(12)4(1-2-13-7)3-5(14)15/h1-2H,3H2,(H,14,15). The fourth-order valence-corrected chi connectivity index (χ4v) is 1.80. The second kappa shape index (κ2) is 4.33. The van der Waals surface area contributed by atoms with E-state index >= 15 is 0 Å². The molecule has 3 nitrogen and oxygen atoms in total. The van der Waals surface area contributed by atoms with Crippen LogP contribution in [0.2, 0.25) is 0 Å². The molecule has 1 N–H and O–H groups in total. The minimum absolute atomic E-state index is 0.116. The Morgan fingerprint density at radius 3 is 2.60 bits per heavy atom. The molecule has 82 valence electrons. The number of halogens is 4. The topological polar surface area (TPSA) is 50.2 Å². The SMILES string of the molecule is O=C(O)Cc1ccnc(C(F)(F)F)c1I. The van der Waals surface area contributed by atoms with Gasteiger partial charge in [-0.1, -0.05) is 0 Å². The smallest absolute Gasteiger partial charge is 0.434 e. The van der Waals surface area contributed by atoms with Crippen LogP contribution in [0.4, 0.5) is 13.2 Å². The molecule has 1 aromatic rings. The Labute approximate surface area is 96.5 Å². The van der Waals surface area contributed by atoms with Gasteiger partial charge in [0.25, 0.3) is 0 Å². The van der Waals surface area contributed by atoms with Crippen LogP contribution in [0.3, 0.4) is 0 Å². The fourth-order valence-electron chi connectivity index (χ4n) is 0.981. The van der Waals surface area contributed by atoms with Gasteiger partial charge in [-0.3, -0.25) is 9.78 Å². The number of hydrogen-bond acceptors (Lipinski definition) is 2. The normalized spacial score (nSPS) is 11.5. The zero-order valence-corrected chi connectivity index (χ0v) is 9.33. The minimum Gasteiger partial charge on any atom is -0.481 e. The van der Waals surface area contributed by atoms with Crippen LogP contribution in [0, 0.1) is 3.57 Å². The fraction of sp³-hybridized carbons (Fsp3) is 0.250. The van der Waals surface area contributed by atoms with E-state index in [0.29, 0.717) is 0 Å². The van der Waals surface area contributed by atoms with Crippen LogP contribution in [0.1, 0.15) is 11.3 Å². The van der Waals surface area contributed by atoms with E-state index in [2.05, 4.69) is 4.98 Å². The number of carboxylic acid groups (broad SMARTS) is 1. The third-order valence-corrected chi connectivity index (χ3v) is 2.78. The average molecular weight is 331 g/mol. The first-order valence-corrected chi connectivity index (χ1v) is 4.82. The summed E-state index contributed by atoms with van der Waals surface area (Å²) in [6.45, 7) is 0. The highest BCUT2D eigenvalue weighted by atomic mass is 127. The van der Waals surface area contributed by atoms with Crippen molar-refractivity contribution in [2.45, 2.75) is 12.6 Å². The number of hydrogen-bond donors (Lipinski definition) is 1. The summed E-state index contributed by atoms with van der Waals surface area (Å²) in [7, 11) is 0. The van der Waals surface area contributed by atoms with Crippen molar-refractivity contribution >= 4 is 28.6 Å². The molecule has 0 fully saturated rings. The van der Waals surface area contributed by atoms with Crippen molar-refractivity contribution in [2.75, 3.05) is 0 Å². The highest BCUT2D eigenvalue weighted by molar-refractivity contribution is 14.1. The third-order valence-electron chi connectivity index (χ3n) is 1.58. The van der Waals surface area contributed by atoms with Gasteiger partial charge in [-0.25, -0.2) is 0 Å². The largest absolute Gasteiger partial charge is 0.481 e. The van der Waals surface area contributed by atoms with Crippen LogP contribution in [-0.4, -0.2) is 16.1 Å². The molecule has 0 aliphatic rings. The summed E-state index contributed by atoms with van der Waals surface area (Å²) in [5, 5.41) is 8.48. The monoisotopic (exact) mass is 331 g/mol. The minimum atomic E-state index is -4.55. The number of pyridine rings is 1. The van der Waals surface area contributed by atoms with E-state index in [1.54, 1.807) is 0 Å².